The Hall–Kier alpha value is -1.97. The zero-order chi connectivity index (χ0) is 14.5. The van der Waals surface area contributed by atoms with Crippen LogP contribution in [0, 0.1) is 12.8 Å². The molecule has 0 atom stereocenters. The van der Waals surface area contributed by atoms with Crippen LogP contribution < -0.4 is 10.1 Å². The van der Waals surface area contributed by atoms with Crippen LogP contribution in [0.3, 0.4) is 0 Å². The third-order valence-electron chi connectivity index (χ3n) is 3.09. The van der Waals surface area contributed by atoms with Crippen LogP contribution in [0.15, 0.2) is 30.3 Å². The molecule has 0 radical (unpaired) electrons. The zero-order valence-electron chi connectivity index (χ0n) is 12.7. The molecule has 1 heterocycles. The van der Waals surface area contributed by atoms with Crippen LogP contribution in [0.25, 0.3) is 0 Å². The fourth-order valence-corrected chi connectivity index (χ4v) is 1.81. The molecule has 1 N–H and O–H groups in total. The second-order valence-corrected chi connectivity index (χ2v) is 5.50. The first-order valence-corrected chi connectivity index (χ1v) is 7.01. The minimum absolute atomic E-state index is 0.545. The molecule has 0 aliphatic rings. The minimum atomic E-state index is 0.545. The van der Waals surface area contributed by atoms with Gasteiger partial charge in [0.15, 0.2) is 0 Å². The highest BCUT2D eigenvalue weighted by atomic mass is 16.5. The van der Waals surface area contributed by atoms with Gasteiger partial charge in [0.1, 0.15) is 11.6 Å². The Kier molecular flexibility index (Phi) is 4.66. The summed E-state index contributed by atoms with van der Waals surface area (Å²) in [7, 11) is 1.95. The Balaban J connectivity index is 1.87. The second kappa shape index (κ2) is 6.46. The largest absolute Gasteiger partial charge is 0.493 e. The minimum Gasteiger partial charge on any atom is -0.493 e. The highest BCUT2D eigenvalue weighted by molar-refractivity contribution is 5.37. The Morgan fingerprint density at radius 3 is 2.50 bits per heavy atom. The van der Waals surface area contributed by atoms with Gasteiger partial charge in [0, 0.05) is 25.4 Å². The maximum Gasteiger partial charge on any atom is 0.148 e. The molecule has 1 aromatic heterocycles. The van der Waals surface area contributed by atoms with Crippen molar-refractivity contribution in [1.82, 2.24) is 9.78 Å². The topological polar surface area (TPSA) is 39.1 Å². The van der Waals surface area contributed by atoms with E-state index in [1.54, 1.807) is 0 Å². The van der Waals surface area contributed by atoms with Crippen LogP contribution in [0.1, 0.15) is 25.1 Å². The summed E-state index contributed by atoms with van der Waals surface area (Å²) >= 11 is 0. The van der Waals surface area contributed by atoms with E-state index in [1.165, 1.54) is 5.56 Å². The highest BCUT2D eigenvalue weighted by Gasteiger charge is 2.01. The lowest BCUT2D eigenvalue weighted by atomic mass is 10.2. The van der Waals surface area contributed by atoms with Gasteiger partial charge in [0.05, 0.1) is 6.61 Å². The lowest BCUT2D eigenvalue weighted by molar-refractivity contribution is 0.271. The number of nitrogens with zero attached hydrogens (tertiary/aromatic N) is 2. The number of aromatic nitrogens is 2. The number of hydrogen-bond acceptors (Lipinski definition) is 3. The van der Waals surface area contributed by atoms with Crippen LogP contribution in [0.2, 0.25) is 0 Å². The predicted molar refractivity (Wildman–Crippen MR) is 82.0 cm³/mol. The molecule has 0 saturated carbocycles. The molecule has 4 heteroatoms. The molecule has 0 spiro atoms. The summed E-state index contributed by atoms with van der Waals surface area (Å²) in [6, 6.07) is 10.2. The number of ether oxygens (including phenoxy) is 1. The van der Waals surface area contributed by atoms with Crippen molar-refractivity contribution >= 4 is 5.82 Å². The van der Waals surface area contributed by atoms with Gasteiger partial charge >= 0.3 is 0 Å². The first kappa shape index (κ1) is 14.4. The Labute approximate surface area is 120 Å². The van der Waals surface area contributed by atoms with E-state index >= 15 is 0 Å². The summed E-state index contributed by atoms with van der Waals surface area (Å²) in [5.74, 6) is 2.38. The zero-order valence-corrected chi connectivity index (χ0v) is 12.7. The van der Waals surface area contributed by atoms with Crippen LogP contribution in [0.4, 0.5) is 5.82 Å². The van der Waals surface area contributed by atoms with Gasteiger partial charge in [-0.2, -0.15) is 5.10 Å². The molecule has 0 aliphatic heterocycles. The first-order valence-electron chi connectivity index (χ1n) is 7.01. The molecule has 0 saturated heterocycles. The normalized spacial score (nSPS) is 10.8. The standard InChI is InChI=1S/C16H23N3O/c1-12(2)11-20-15-7-5-14(6-8-15)10-17-16-9-13(3)19(4)18-16/h5-9,12H,10-11H2,1-4H3,(H,17,18). The van der Waals surface area contributed by atoms with Crippen molar-refractivity contribution in [3.8, 4) is 5.75 Å². The van der Waals surface area contributed by atoms with E-state index in [9.17, 15) is 0 Å². The summed E-state index contributed by atoms with van der Waals surface area (Å²) in [5.41, 5.74) is 2.36. The Morgan fingerprint density at radius 2 is 1.95 bits per heavy atom. The molecule has 1 aromatic carbocycles. The maximum absolute atomic E-state index is 5.67. The van der Waals surface area contributed by atoms with E-state index in [4.69, 9.17) is 4.74 Å². The average Bonchev–Trinajstić information content (AvgIpc) is 2.74. The Morgan fingerprint density at radius 1 is 1.25 bits per heavy atom. The van der Waals surface area contributed by atoms with E-state index in [-0.39, 0.29) is 0 Å². The van der Waals surface area contributed by atoms with E-state index < -0.39 is 0 Å². The van der Waals surface area contributed by atoms with Crippen molar-refractivity contribution in [2.45, 2.75) is 27.3 Å². The van der Waals surface area contributed by atoms with Crippen molar-refractivity contribution in [3.05, 3.63) is 41.6 Å². The molecule has 108 valence electrons. The first-order chi connectivity index (χ1) is 9.54. The molecule has 0 bridgehead atoms. The van der Waals surface area contributed by atoms with Crippen LogP contribution in [-0.2, 0) is 13.6 Å². The van der Waals surface area contributed by atoms with Crippen molar-refractivity contribution in [3.63, 3.8) is 0 Å². The summed E-state index contributed by atoms with van der Waals surface area (Å²) in [6.07, 6.45) is 0. The number of hydrogen-bond donors (Lipinski definition) is 1. The highest BCUT2D eigenvalue weighted by Crippen LogP contribution is 2.15. The molecular weight excluding hydrogens is 250 g/mol. The summed E-state index contributed by atoms with van der Waals surface area (Å²) in [6.45, 7) is 7.85. The predicted octanol–water partition coefficient (Wildman–Crippen LogP) is 3.38. The van der Waals surface area contributed by atoms with Gasteiger partial charge in [0.2, 0.25) is 0 Å². The van der Waals surface area contributed by atoms with Gasteiger partial charge in [0.25, 0.3) is 0 Å². The number of rotatable bonds is 6. The molecular formula is C16H23N3O. The fraction of sp³-hybridized carbons (Fsp3) is 0.438. The Bertz CT molecular complexity index is 524. The third-order valence-corrected chi connectivity index (χ3v) is 3.09. The fourth-order valence-electron chi connectivity index (χ4n) is 1.81. The molecule has 4 nitrogen and oxygen atoms in total. The van der Waals surface area contributed by atoms with E-state index in [1.807, 2.05) is 36.9 Å². The lowest BCUT2D eigenvalue weighted by Crippen LogP contribution is -2.05. The number of anilines is 1. The van der Waals surface area contributed by atoms with Crippen LogP contribution in [0.5, 0.6) is 5.75 Å². The maximum atomic E-state index is 5.67. The van der Waals surface area contributed by atoms with Gasteiger partial charge in [-0.15, -0.1) is 0 Å². The quantitative estimate of drug-likeness (QED) is 0.877. The summed E-state index contributed by atoms with van der Waals surface area (Å²) in [4.78, 5) is 0. The van der Waals surface area contributed by atoms with Crippen molar-refractivity contribution in [1.29, 1.82) is 0 Å². The number of benzene rings is 1. The molecule has 2 aromatic rings. The summed E-state index contributed by atoms with van der Waals surface area (Å²) < 4.78 is 7.53. The van der Waals surface area contributed by atoms with Gasteiger partial charge in [-0.25, -0.2) is 0 Å². The van der Waals surface area contributed by atoms with Crippen molar-refractivity contribution in [2.24, 2.45) is 13.0 Å². The average molecular weight is 273 g/mol. The van der Waals surface area contributed by atoms with Crippen molar-refractivity contribution in [2.75, 3.05) is 11.9 Å². The van der Waals surface area contributed by atoms with Gasteiger partial charge < -0.3 is 10.1 Å². The molecule has 2 rings (SSSR count). The monoisotopic (exact) mass is 273 g/mol. The van der Waals surface area contributed by atoms with Gasteiger partial charge in [-0.3, -0.25) is 4.68 Å². The smallest absolute Gasteiger partial charge is 0.148 e. The number of nitrogens with one attached hydrogen (secondary N) is 1. The van der Waals surface area contributed by atoms with Crippen LogP contribution >= 0.6 is 0 Å². The van der Waals surface area contributed by atoms with Gasteiger partial charge in [-0.1, -0.05) is 26.0 Å². The molecule has 0 aliphatic carbocycles. The van der Waals surface area contributed by atoms with Crippen molar-refractivity contribution < 1.29 is 4.74 Å². The van der Waals surface area contributed by atoms with E-state index in [2.05, 4.69) is 36.4 Å². The molecule has 0 fully saturated rings. The molecule has 20 heavy (non-hydrogen) atoms. The lowest BCUT2D eigenvalue weighted by Gasteiger charge is -2.09. The SMILES string of the molecule is Cc1cc(NCc2ccc(OCC(C)C)cc2)nn1C. The number of aryl methyl sites for hydroxylation is 2. The molecule has 0 unspecified atom stereocenters. The van der Waals surface area contributed by atoms with Gasteiger partial charge in [-0.05, 0) is 30.5 Å². The van der Waals surface area contributed by atoms with E-state index in [0.717, 1.165) is 30.4 Å². The van der Waals surface area contributed by atoms with E-state index in [0.29, 0.717) is 5.92 Å². The summed E-state index contributed by atoms with van der Waals surface area (Å²) in [5, 5.41) is 7.69. The van der Waals surface area contributed by atoms with Crippen LogP contribution in [-0.4, -0.2) is 16.4 Å². The third kappa shape index (κ3) is 4.02. The second-order valence-electron chi connectivity index (χ2n) is 5.50. The molecule has 0 amide bonds.